The van der Waals surface area contributed by atoms with E-state index in [0.29, 0.717) is 0 Å². The van der Waals surface area contributed by atoms with Gasteiger partial charge in [-0.2, -0.15) is 5.26 Å². The number of benzene rings is 2. The van der Waals surface area contributed by atoms with Crippen LogP contribution < -0.4 is 0 Å². The van der Waals surface area contributed by atoms with Gasteiger partial charge in [0.25, 0.3) is 0 Å². The van der Waals surface area contributed by atoms with Crippen LogP contribution in [0.15, 0.2) is 47.4 Å². The molecule has 0 bridgehead atoms. The van der Waals surface area contributed by atoms with Crippen molar-refractivity contribution in [1.82, 2.24) is 0 Å². The summed E-state index contributed by atoms with van der Waals surface area (Å²) in [6, 6.07) is 9.59. The molecule has 126 valence electrons. The molecular formula is C17H15F2NO3S. The molecule has 0 spiro atoms. The number of nitriles is 1. The zero-order valence-corrected chi connectivity index (χ0v) is 13.6. The first kappa shape index (κ1) is 18.0. The second kappa shape index (κ2) is 7.07. The van der Waals surface area contributed by atoms with Crippen LogP contribution in [0.1, 0.15) is 23.3 Å². The number of halogens is 2. The third-order valence-electron chi connectivity index (χ3n) is 3.72. The van der Waals surface area contributed by atoms with Crippen LogP contribution >= 0.6 is 0 Å². The zero-order valence-electron chi connectivity index (χ0n) is 12.8. The lowest BCUT2D eigenvalue weighted by Gasteiger charge is -2.23. The van der Waals surface area contributed by atoms with E-state index in [9.17, 15) is 22.3 Å². The van der Waals surface area contributed by atoms with Gasteiger partial charge in [-0.05, 0) is 42.5 Å². The molecule has 0 amide bonds. The predicted molar refractivity (Wildman–Crippen MR) is 83.7 cm³/mol. The number of hydrogen-bond acceptors (Lipinski definition) is 4. The van der Waals surface area contributed by atoms with Gasteiger partial charge in [-0.3, -0.25) is 0 Å². The lowest BCUT2D eigenvalue weighted by atomic mass is 10.0. The van der Waals surface area contributed by atoms with Crippen molar-refractivity contribution in [2.45, 2.75) is 17.1 Å². The van der Waals surface area contributed by atoms with Crippen LogP contribution in [0.3, 0.4) is 0 Å². The molecular weight excluding hydrogens is 336 g/mol. The maximum atomic E-state index is 14.1. The quantitative estimate of drug-likeness (QED) is 0.898. The van der Waals surface area contributed by atoms with Gasteiger partial charge in [-0.25, -0.2) is 17.2 Å². The summed E-state index contributed by atoms with van der Waals surface area (Å²) >= 11 is 0. The molecule has 2 aromatic carbocycles. The fraction of sp³-hybridized carbons (Fsp3) is 0.235. The van der Waals surface area contributed by atoms with Crippen LogP contribution in [-0.2, 0) is 9.84 Å². The molecule has 0 saturated heterocycles. The fourth-order valence-corrected chi connectivity index (χ4v) is 4.49. The molecule has 4 nitrogen and oxygen atoms in total. The van der Waals surface area contributed by atoms with Crippen molar-refractivity contribution in [3.05, 3.63) is 65.2 Å². The molecule has 0 fully saturated rings. The van der Waals surface area contributed by atoms with E-state index in [1.807, 2.05) is 6.07 Å². The van der Waals surface area contributed by atoms with Crippen LogP contribution in [0, 0.1) is 28.9 Å². The van der Waals surface area contributed by atoms with Gasteiger partial charge in [0.2, 0.25) is 0 Å². The van der Waals surface area contributed by atoms with Gasteiger partial charge in [0.15, 0.2) is 9.84 Å². The first-order chi connectivity index (χ1) is 11.3. The lowest BCUT2D eigenvalue weighted by molar-refractivity contribution is 0.231. The third kappa shape index (κ3) is 3.45. The molecule has 2 unspecified atom stereocenters. The SMILES string of the molecule is CC(CO)C(c1cc(F)ccc1F)S(=O)(=O)c1ccc(C#N)cc1. The average molecular weight is 351 g/mol. The van der Waals surface area contributed by atoms with E-state index in [1.54, 1.807) is 0 Å². The van der Waals surface area contributed by atoms with Crippen LogP contribution in [0.25, 0.3) is 0 Å². The number of sulfone groups is 1. The Bertz CT molecular complexity index is 874. The maximum Gasteiger partial charge on any atom is 0.185 e. The van der Waals surface area contributed by atoms with E-state index in [-0.39, 0.29) is 16.0 Å². The van der Waals surface area contributed by atoms with E-state index >= 15 is 0 Å². The van der Waals surface area contributed by atoms with Crippen molar-refractivity contribution in [3.8, 4) is 6.07 Å². The van der Waals surface area contributed by atoms with Crippen LogP contribution in [0.2, 0.25) is 0 Å². The first-order valence-corrected chi connectivity index (χ1v) is 8.65. The Hall–Kier alpha value is -2.30. The van der Waals surface area contributed by atoms with Crippen molar-refractivity contribution < 1.29 is 22.3 Å². The minimum atomic E-state index is -4.11. The normalized spacial score (nSPS) is 14.0. The van der Waals surface area contributed by atoms with Gasteiger partial charge < -0.3 is 5.11 Å². The van der Waals surface area contributed by atoms with Crippen LogP contribution in [-0.4, -0.2) is 20.1 Å². The number of aliphatic hydroxyl groups excluding tert-OH is 1. The predicted octanol–water partition coefficient (Wildman–Crippen LogP) is 2.98. The molecule has 2 rings (SSSR count). The minimum absolute atomic E-state index is 0.129. The molecule has 0 heterocycles. The monoisotopic (exact) mass is 351 g/mol. The third-order valence-corrected chi connectivity index (χ3v) is 6.03. The van der Waals surface area contributed by atoms with Crippen molar-refractivity contribution >= 4 is 9.84 Å². The lowest BCUT2D eigenvalue weighted by Crippen LogP contribution is -2.24. The topological polar surface area (TPSA) is 78.2 Å². The van der Waals surface area contributed by atoms with Crippen molar-refractivity contribution in [2.24, 2.45) is 5.92 Å². The molecule has 0 radical (unpaired) electrons. The van der Waals surface area contributed by atoms with E-state index in [4.69, 9.17) is 5.26 Å². The first-order valence-electron chi connectivity index (χ1n) is 7.11. The number of hydrogen-bond donors (Lipinski definition) is 1. The maximum absolute atomic E-state index is 14.1. The summed E-state index contributed by atoms with van der Waals surface area (Å²) < 4.78 is 53.5. The van der Waals surface area contributed by atoms with E-state index in [1.165, 1.54) is 31.2 Å². The standard InChI is InChI=1S/C17H15F2NO3S/c1-11(10-21)17(15-8-13(18)4-7-16(15)19)24(22,23)14-5-2-12(9-20)3-6-14/h2-8,11,17,21H,10H2,1H3. The highest BCUT2D eigenvalue weighted by molar-refractivity contribution is 7.91. The van der Waals surface area contributed by atoms with Gasteiger partial charge in [-0.1, -0.05) is 6.92 Å². The molecule has 0 saturated carbocycles. The van der Waals surface area contributed by atoms with E-state index < -0.39 is 39.2 Å². The minimum Gasteiger partial charge on any atom is -0.396 e. The largest absolute Gasteiger partial charge is 0.396 e. The summed E-state index contributed by atoms with van der Waals surface area (Å²) in [7, 11) is -4.11. The Labute approximate surface area is 138 Å². The summed E-state index contributed by atoms with van der Waals surface area (Å²) in [5.41, 5.74) is -0.0569. The second-order valence-electron chi connectivity index (χ2n) is 5.43. The van der Waals surface area contributed by atoms with E-state index in [2.05, 4.69) is 0 Å². The van der Waals surface area contributed by atoms with Gasteiger partial charge in [0.05, 0.1) is 21.8 Å². The molecule has 1 N–H and O–H groups in total. The van der Waals surface area contributed by atoms with Crippen molar-refractivity contribution in [1.29, 1.82) is 5.26 Å². The molecule has 0 aliphatic carbocycles. The highest BCUT2D eigenvalue weighted by Crippen LogP contribution is 2.36. The summed E-state index contributed by atoms with van der Waals surface area (Å²) in [6.07, 6.45) is 0. The summed E-state index contributed by atoms with van der Waals surface area (Å²) in [5, 5.41) is 16.7. The molecule has 24 heavy (non-hydrogen) atoms. The van der Waals surface area contributed by atoms with Crippen LogP contribution in [0.5, 0.6) is 0 Å². The fourth-order valence-electron chi connectivity index (χ4n) is 2.47. The van der Waals surface area contributed by atoms with Gasteiger partial charge in [0, 0.05) is 18.1 Å². The van der Waals surface area contributed by atoms with E-state index in [0.717, 1.165) is 18.2 Å². The molecule has 0 aliphatic heterocycles. The zero-order chi connectivity index (χ0) is 17.9. The number of aliphatic hydroxyl groups is 1. The summed E-state index contributed by atoms with van der Waals surface area (Å²) in [6.45, 7) is 0.923. The smallest absolute Gasteiger partial charge is 0.185 e. The average Bonchev–Trinajstić information content (AvgIpc) is 2.57. The van der Waals surface area contributed by atoms with Crippen molar-refractivity contribution in [3.63, 3.8) is 0 Å². The molecule has 0 aliphatic rings. The molecule has 7 heteroatoms. The second-order valence-corrected chi connectivity index (χ2v) is 7.50. The summed E-state index contributed by atoms with van der Waals surface area (Å²) in [5.74, 6) is -2.49. The van der Waals surface area contributed by atoms with Crippen LogP contribution in [0.4, 0.5) is 8.78 Å². The molecule has 0 aromatic heterocycles. The molecule has 2 atom stereocenters. The number of rotatable bonds is 5. The summed E-state index contributed by atoms with van der Waals surface area (Å²) in [4.78, 5) is -0.129. The Morgan fingerprint density at radius 1 is 1.17 bits per heavy atom. The van der Waals surface area contributed by atoms with Crippen molar-refractivity contribution in [2.75, 3.05) is 6.61 Å². The Balaban J connectivity index is 2.62. The molecule has 2 aromatic rings. The Morgan fingerprint density at radius 3 is 2.33 bits per heavy atom. The van der Waals surface area contributed by atoms with Gasteiger partial charge in [-0.15, -0.1) is 0 Å². The Kier molecular flexibility index (Phi) is 5.32. The number of nitrogens with zero attached hydrogens (tertiary/aromatic N) is 1. The Morgan fingerprint density at radius 2 is 1.79 bits per heavy atom. The van der Waals surface area contributed by atoms with Gasteiger partial charge in [0.1, 0.15) is 11.6 Å². The highest BCUT2D eigenvalue weighted by Gasteiger charge is 2.35. The van der Waals surface area contributed by atoms with Gasteiger partial charge >= 0.3 is 0 Å². The highest BCUT2D eigenvalue weighted by atomic mass is 32.2.